The predicted molar refractivity (Wildman–Crippen MR) is 95.9 cm³/mol. The van der Waals surface area contributed by atoms with Gasteiger partial charge in [-0.1, -0.05) is 24.3 Å². The van der Waals surface area contributed by atoms with Gasteiger partial charge in [0.05, 0.1) is 22.4 Å². The molecule has 3 amide bonds. The third-order valence-electron chi connectivity index (χ3n) is 4.55. The molecule has 2 aromatic carbocycles. The van der Waals surface area contributed by atoms with E-state index in [0.717, 1.165) is 21.6 Å². The zero-order valence-corrected chi connectivity index (χ0v) is 14.1. The number of hydrogen-bond acceptors (Lipinski definition) is 3. The standard InChI is InChI=1S/C20H18N2O3/c1-4-6-13-10-9-11(2)12(3)17(13)22-19(24)15-8-5-7-14(18(21)23)16(15)20(22)25/h4-5,7-10H,1,6H2,2-3H3,(H2,21,23). The molecule has 0 fully saturated rings. The first-order chi connectivity index (χ1) is 11.9. The molecule has 1 aliphatic rings. The van der Waals surface area contributed by atoms with Crippen LogP contribution < -0.4 is 10.6 Å². The van der Waals surface area contributed by atoms with E-state index < -0.39 is 17.7 Å². The summed E-state index contributed by atoms with van der Waals surface area (Å²) < 4.78 is 0. The van der Waals surface area contributed by atoms with Crippen molar-refractivity contribution in [2.24, 2.45) is 5.73 Å². The Balaban J connectivity index is 2.25. The number of anilines is 1. The quantitative estimate of drug-likeness (QED) is 0.689. The van der Waals surface area contributed by atoms with Crippen LogP contribution in [-0.4, -0.2) is 17.7 Å². The van der Waals surface area contributed by atoms with Crippen LogP contribution in [-0.2, 0) is 6.42 Å². The van der Waals surface area contributed by atoms with Crippen molar-refractivity contribution >= 4 is 23.4 Å². The normalized spacial score (nSPS) is 13.1. The number of hydrogen-bond donors (Lipinski definition) is 1. The molecule has 1 heterocycles. The summed E-state index contributed by atoms with van der Waals surface area (Å²) >= 11 is 0. The van der Waals surface area contributed by atoms with E-state index in [1.807, 2.05) is 26.0 Å². The maximum Gasteiger partial charge on any atom is 0.266 e. The van der Waals surface area contributed by atoms with Gasteiger partial charge in [-0.05, 0) is 49.1 Å². The summed E-state index contributed by atoms with van der Waals surface area (Å²) in [7, 11) is 0. The number of benzene rings is 2. The molecule has 0 radical (unpaired) electrons. The Morgan fingerprint density at radius 1 is 1.16 bits per heavy atom. The summed E-state index contributed by atoms with van der Waals surface area (Å²) in [6, 6.07) is 8.40. The molecule has 0 aromatic heterocycles. The van der Waals surface area contributed by atoms with Crippen molar-refractivity contribution in [3.8, 4) is 0 Å². The van der Waals surface area contributed by atoms with E-state index in [1.165, 1.54) is 6.07 Å². The van der Waals surface area contributed by atoms with Gasteiger partial charge < -0.3 is 5.73 Å². The number of nitrogens with zero attached hydrogens (tertiary/aromatic N) is 1. The molecule has 25 heavy (non-hydrogen) atoms. The van der Waals surface area contributed by atoms with Gasteiger partial charge in [0.1, 0.15) is 0 Å². The molecule has 0 saturated carbocycles. The summed E-state index contributed by atoms with van der Waals surface area (Å²) in [6.07, 6.45) is 2.24. The number of allylic oxidation sites excluding steroid dienone is 1. The zero-order chi connectivity index (χ0) is 18.3. The Hall–Kier alpha value is -3.21. The highest BCUT2D eigenvalue weighted by Crippen LogP contribution is 2.36. The highest BCUT2D eigenvalue weighted by molar-refractivity contribution is 6.36. The van der Waals surface area contributed by atoms with Crippen LogP contribution in [0.2, 0.25) is 0 Å². The molecular formula is C20H18N2O3. The Morgan fingerprint density at radius 3 is 2.52 bits per heavy atom. The van der Waals surface area contributed by atoms with E-state index in [-0.39, 0.29) is 16.7 Å². The molecule has 126 valence electrons. The molecule has 0 bridgehead atoms. The maximum atomic E-state index is 13.0. The van der Waals surface area contributed by atoms with E-state index in [4.69, 9.17) is 5.73 Å². The molecule has 0 atom stereocenters. The second-order valence-corrected chi connectivity index (χ2v) is 6.05. The molecule has 5 heteroatoms. The van der Waals surface area contributed by atoms with Gasteiger partial charge >= 0.3 is 0 Å². The van der Waals surface area contributed by atoms with Crippen LogP contribution in [0.3, 0.4) is 0 Å². The van der Waals surface area contributed by atoms with Crippen LogP contribution in [0.25, 0.3) is 0 Å². The van der Waals surface area contributed by atoms with Gasteiger partial charge in [-0.2, -0.15) is 0 Å². The monoisotopic (exact) mass is 334 g/mol. The fraction of sp³-hybridized carbons (Fsp3) is 0.150. The Labute approximate surface area is 145 Å². The van der Waals surface area contributed by atoms with Crippen LogP contribution in [0.15, 0.2) is 43.0 Å². The van der Waals surface area contributed by atoms with Crippen molar-refractivity contribution in [2.45, 2.75) is 20.3 Å². The second-order valence-electron chi connectivity index (χ2n) is 6.05. The van der Waals surface area contributed by atoms with E-state index in [1.54, 1.807) is 18.2 Å². The summed E-state index contributed by atoms with van der Waals surface area (Å²) in [5.41, 5.74) is 8.91. The molecule has 1 aliphatic heterocycles. The second kappa shape index (κ2) is 6.02. The molecule has 2 N–H and O–H groups in total. The SMILES string of the molecule is C=CCc1ccc(C)c(C)c1N1C(=O)c2cccc(C(N)=O)c2C1=O. The largest absolute Gasteiger partial charge is 0.366 e. The van der Waals surface area contributed by atoms with Crippen molar-refractivity contribution in [1.29, 1.82) is 0 Å². The molecule has 0 spiro atoms. The fourth-order valence-electron chi connectivity index (χ4n) is 3.18. The Bertz CT molecular complexity index is 944. The Morgan fingerprint density at radius 2 is 1.88 bits per heavy atom. The molecule has 2 aromatic rings. The van der Waals surface area contributed by atoms with Crippen molar-refractivity contribution in [2.75, 3.05) is 4.90 Å². The van der Waals surface area contributed by atoms with Crippen molar-refractivity contribution in [3.63, 3.8) is 0 Å². The van der Waals surface area contributed by atoms with Crippen molar-refractivity contribution in [3.05, 3.63) is 76.4 Å². The van der Waals surface area contributed by atoms with Crippen molar-refractivity contribution < 1.29 is 14.4 Å². The van der Waals surface area contributed by atoms with Gasteiger partial charge in [-0.3, -0.25) is 14.4 Å². The molecule has 0 saturated heterocycles. The van der Waals surface area contributed by atoms with E-state index in [0.29, 0.717) is 12.1 Å². The number of aryl methyl sites for hydroxylation is 1. The van der Waals surface area contributed by atoms with Gasteiger partial charge in [-0.15, -0.1) is 6.58 Å². The highest BCUT2D eigenvalue weighted by atomic mass is 16.2. The topological polar surface area (TPSA) is 80.5 Å². The van der Waals surface area contributed by atoms with Gasteiger partial charge in [0.15, 0.2) is 0 Å². The lowest BCUT2D eigenvalue weighted by molar-refractivity contribution is 0.0918. The first-order valence-electron chi connectivity index (χ1n) is 7.90. The molecule has 5 nitrogen and oxygen atoms in total. The fourth-order valence-corrected chi connectivity index (χ4v) is 3.18. The number of primary amides is 1. The van der Waals surface area contributed by atoms with E-state index in [2.05, 4.69) is 6.58 Å². The molecule has 3 rings (SSSR count). The molecule has 0 unspecified atom stereocenters. The van der Waals surface area contributed by atoms with E-state index in [9.17, 15) is 14.4 Å². The first kappa shape index (κ1) is 16.6. The van der Waals surface area contributed by atoms with Gasteiger partial charge in [-0.25, -0.2) is 4.90 Å². The number of rotatable bonds is 4. The number of amides is 3. The summed E-state index contributed by atoms with van der Waals surface area (Å²) in [6.45, 7) is 7.53. The van der Waals surface area contributed by atoms with Crippen LogP contribution in [0.4, 0.5) is 5.69 Å². The molecule has 0 aliphatic carbocycles. The lowest BCUT2D eigenvalue weighted by atomic mass is 9.99. The highest BCUT2D eigenvalue weighted by Gasteiger charge is 2.40. The van der Waals surface area contributed by atoms with Gasteiger partial charge in [0.2, 0.25) is 5.91 Å². The Kier molecular flexibility index (Phi) is 4.00. The number of carbonyl (C=O) groups is 3. The lowest BCUT2D eigenvalue weighted by Crippen LogP contribution is -2.31. The third-order valence-corrected chi connectivity index (χ3v) is 4.55. The average Bonchev–Trinajstić information content (AvgIpc) is 2.83. The van der Waals surface area contributed by atoms with E-state index >= 15 is 0 Å². The number of fused-ring (bicyclic) bond motifs is 1. The summed E-state index contributed by atoms with van der Waals surface area (Å²) in [5, 5.41) is 0. The minimum Gasteiger partial charge on any atom is -0.366 e. The minimum absolute atomic E-state index is 0.0638. The van der Waals surface area contributed by atoms with Gasteiger partial charge in [0.25, 0.3) is 11.8 Å². The first-order valence-corrected chi connectivity index (χ1v) is 7.90. The zero-order valence-electron chi connectivity index (χ0n) is 14.1. The number of imide groups is 1. The lowest BCUT2D eigenvalue weighted by Gasteiger charge is -2.21. The van der Waals surface area contributed by atoms with Crippen LogP contribution >= 0.6 is 0 Å². The van der Waals surface area contributed by atoms with Crippen LogP contribution in [0.1, 0.15) is 47.8 Å². The maximum absolute atomic E-state index is 13.0. The molecular weight excluding hydrogens is 316 g/mol. The number of nitrogens with two attached hydrogens (primary N) is 1. The average molecular weight is 334 g/mol. The van der Waals surface area contributed by atoms with Crippen LogP contribution in [0.5, 0.6) is 0 Å². The predicted octanol–water partition coefficient (Wildman–Crippen LogP) is 2.93. The summed E-state index contributed by atoms with van der Waals surface area (Å²) in [5.74, 6) is -1.69. The third kappa shape index (κ3) is 2.45. The minimum atomic E-state index is -0.730. The number of carbonyl (C=O) groups excluding carboxylic acids is 3. The smallest absolute Gasteiger partial charge is 0.266 e. The van der Waals surface area contributed by atoms with Gasteiger partial charge in [0, 0.05) is 0 Å². The van der Waals surface area contributed by atoms with Crippen LogP contribution in [0, 0.1) is 13.8 Å². The van der Waals surface area contributed by atoms with Crippen molar-refractivity contribution in [1.82, 2.24) is 0 Å². The summed E-state index contributed by atoms with van der Waals surface area (Å²) in [4.78, 5) is 38.8.